The molecule has 2 unspecified atom stereocenters. The second-order valence-corrected chi connectivity index (χ2v) is 6.24. The van der Waals surface area contributed by atoms with Crippen LogP contribution in [-0.2, 0) is 11.2 Å². The van der Waals surface area contributed by atoms with E-state index in [0.29, 0.717) is 12.2 Å². The first kappa shape index (κ1) is 14.6. The Morgan fingerprint density at radius 3 is 2.84 bits per heavy atom. The Hall–Kier alpha value is -0.830. The predicted molar refractivity (Wildman–Crippen MR) is 80.5 cm³/mol. The van der Waals surface area contributed by atoms with Crippen molar-refractivity contribution in [3.63, 3.8) is 0 Å². The molecule has 1 aliphatic carbocycles. The molecule has 0 saturated heterocycles. The zero-order chi connectivity index (χ0) is 13.8. The first-order valence-corrected chi connectivity index (χ1v) is 7.78. The maximum Gasteiger partial charge on any atom is 0.140 e. The molecule has 0 aliphatic heterocycles. The molecule has 1 aromatic rings. The van der Waals surface area contributed by atoms with Gasteiger partial charge in [-0.2, -0.15) is 0 Å². The highest BCUT2D eigenvalue weighted by molar-refractivity contribution is 9.10. The summed E-state index contributed by atoms with van der Waals surface area (Å²) in [5.74, 6) is 2.21. The van der Waals surface area contributed by atoms with Crippen LogP contribution in [-0.4, -0.2) is 12.9 Å². The van der Waals surface area contributed by atoms with Crippen molar-refractivity contribution in [1.82, 2.24) is 0 Å². The van der Waals surface area contributed by atoms with Crippen molar-refractivity contribution in [3.05, 3.63) is 28.2 Å². The summed E-state index contributed by atoms with van der Waals surface area (Å²) in [6.45, 7) is 2.22. The van der Waals surface area contributed by atoms with Gasteiger partial charge in [-0.15, -0.1) is 0 Å². The summed E-state index contributed by atoms with van der Waals surface area (Å²) >= 11 is 3.51. The van der Waals surface area contributed by atoms with Gasteiger partial charge in [0.2, 0.25) is 0 Å². The number of rotatable bonds is 5. The Labute approximate surface area is 123 Å². The van der Waals surface area contributed by atoms with Crippen LogP contribution in [0.15, 0.2) is 22.7 Å². The quantitative estimate of drug-likeness (QED) is 0.802. The standard InChI is InChI=1S/C16H21BrO2/c1-3-11-4-5-12(8-11)16(18)10-13-9-14(19-2)6-7-15(13)17/h6-7,9,11-12H,3-5,8,10H2,1-2H3. The van der Waals surface area contributed by atoms with Crippen molar-refractivity contribution in [2.75, 3.05) is 7.11 Å². The van der Waals surface area contributed by atoms with E-state index in [2.05, 4.69) is 22.9 Å². The lowest BCUT2D eigenvalue weighted by molar-refractivity contribution is -0.122. The molecule has 0 N–H and O–H groups in total. The fourth-order valence-electron chi connectivity index (χ4n) is 2.88. The second kappa shape index (κ2) is 6.56. The minimum atomic E-state index is 0.267. The average molecular weight is 325 g/mol. The lowest BCUT2D eigenvalue weighted by atomic mass is 9.95. The third-order valence-electron chi connectivity index (χ3n) is 4.19. The highest BCUT2D eigenvalue weighted by atomic mass is 79.9. The largest absolute Gasteiger partial charge is 0.497 e. The molecular weight excluding hydrogens is 304 g/mol. The normalized spacial score (nSPS) is 22.5. The molecule has 0 aromatic heterocycles. The van der Waals surface area contributed by atoms with Gasteiger partial charge in [0.1, 0.15) is 11.5 Å². The van der Waals surface area contributed by atoms with E-state index in [1.807, 2.05) is 18.2 Å². The van der Waals surface area contributed by atoms with E-state index in [9.17, 15) is 4.79 Å². The third kappa shape index (κ3) is 3.59. The number of halogens is 1. The van der Waals surface area contributed by atoms with Crippen LogP contribution < -0.4 is 4.74 Å². The molecule has 0 spiro atoms. The van der Waals surface area contributed by atoms with Crippen molar-refractivity contribution >= 4 is 21.7 Å². The molecule has 1 aliphatic rings. The SMILES string of the molecule is CCC1CCC(C(=O)Cc2cc(OC)ccc2Br)C1. The van der Waals surface area contributed by atoms with E-state index in [1.165, 1.54) is 12.8 Å². The zero-order valence-electron chi connectivity index (χ0n) is 11.6. The van der Waals surface area contributed by atoms with Crippen LogP contribution in [0, 0.1) is 11.8 Å². The summed E-state index contributed by atoms with van der Waals surface area (Å²) in [4.78, 5) is 12.4. The van der Waals surface area contributed by atoms with Crippen LogP contribution in [0.25, 0.3) is 0 Å². The molecule has 0 heterocycles. The predicted octanol–water partition coefficient (Wildman–Crippen LogP) is 4.40. The van der Waals surface area contributed by atoms with Gasteiger partial charge in [-0.1, -0.05) is 29.3 Å². The molecule has 2 rings (SSSR count). The summed E-state index contributed by atoms with van der Waals surface area (Å²) in [5, 5.41) is 0. The summed E-state index contributed by atoms with van der Waals surface area (Å²) in [6, 6.07) is 5.81. The maximum atomic E-state index is 12.4. The molecule has 19 heavy (non-hydrogen) atoms. The molecule has 0 bridgehead atoms. The lowest BCUT2D eigenvalue weighted by Gasteiger charge is -2.11. The topological polar surface area (TPSA) is 26.3 Å². The molecule has 1 saturated carbocycles. The van der Waals surface area contributed by atoms with E-state index in [1.54, 1.807) is 7.11 Å². The van der Waals surface area contributed by atoms with Gasteiger partial charge in [0.25, 0.3) is 0 Å². The molecule has 3 heteroatoms. The Kier molecular flexibility index (Phi) is 5.03. The zero-order valence-corrected chi connectivity index (χ0v) is 13.2. The van der Waals surface area contributed by atoms with E-state index in [-0.39, 0.29) is 5.92 Å². The molecular formula is C16H21BrO2. The van der Waals surface area contributed by atoms with Gasteiger partial charge in [0, 0.05) is 16.8 Å². The highest BCUT2D eigenvalue weighted by Crippen LogP contribution is 2.34. The van der Waals surface area contributed by atoms with Crippen LogP contribution in [0.4, 0.5) is 0 Å². The van der Waals surface area contributed by atoms with Gasteiger partial charge >= 0.3 is 0 Å². The van der Waals surface area contributed by atoms with Gasteiger partial charge < -0.3 is 4.74 Å². The summed E-state index contributed by atoms with van der Waals surface area (Å²) in [6.07, 6.45) is 5.08. The van der Waals surface area contributed by atoms with Crippen molar-refractivity contribution < 1.29 is 9.53 Å². The Balaban J connectivity index is 2.03. The molecule has 0 radical (unpaired) electrons. The summed E-state index contributed by atoms with van der Waals surface area (Å²) in [7, 11) is 1.65. The van der Waals surface area contributed by atoms with Gasteiger partial charge in [-0.25, -0.2) is 0 Å². The number of Topliss-reactive ketones (excluding diaryl/α,β-unsaturated/α-hetero) is 1. The Morgan fingerprint density at radius 2 is 2.21 bits per heavy atom. The number of carbonyl (C=O) groups is 1. The second-order valence-electron chi connectivity index (χ2n) is 5.38. The smallest absolute Gasteiger partial charge is 0.140 e. The minimum Gasteiger partial charge on any atom is -0.497 e. The fraction of sp³-hybridized carbons (Fsp3) is 0.562. The number of methoxy groups -OCH3 is 1. The maximum absolute atomic E-state index is 12.4. The van der Waals surface area contributed by atoms with E-state index >= 15 is 0 Å². The molecule has 2 atom stereocenters. The van der Waals surface area contributed by atoms with E-state index in [0.717, 1.165) is 34.5 Å². The number of hydrogen-bond donors (Lipinski definition) is 0. The number of ketones is 1. The van der Waals surface area contributed by atoms with Crippen LogP contribution >= 0.6 is 15.9 Å². The number of hydrogen-bond acceptors (Lipinski definition) is 2. The van der Waals surface area contributed by atoms with Gasteiger partial charge in [-0.05, 0) is 48.9 Å². The summed E-state index contributed by atoms with van der Waals surface area (Å²) in [5.41, 5.74) is 1.03. The first-order valence-electron chi connectivity index (χ1n) is 6.99. The molecule has 1 fully saturated rings. The lowest BCUT2D eigenvalue weighted by Crippen LogP contribution is -2.14. The van der Waals surface area contributed by atoms with Gasteiger partial charge in [0.15, 0.2) is 0 Å². The number of carbonyl (C=O) groups excluding carboxylic acids is 1. The van der Waals surface area contributed by atoms with Crippen molar-refractivity contribution in [2.45, 2.75) is 39.0 Å². The van der Waals surface area contributed by atoms with E-state index in [4.69, 9.17) is 4.74 Å². The molecule has 2 nitrogen and oxygen atoms in total. The monoisotopic (exact) mass is 324 g/mol. The van der Waals surface area contributed by atoms with Crippen LogP contribution in [0.2, 0.25) is 0 Å². The van der Waals surface area contributed by atoms with E-state index < -0.39 is 0 Å². The van der Waals surface area contributed by atoms with Crippen LogP contribution in [0.1, 0.15) is 38.2 Å². The minimum absolute atomic E-state index is 0.267. The van der Waals surface area contributed by atoms with Crippen molar-refractivity contribution in [1.29, 1.82) is 0 Å². The number of ether oxygens (including phenoxy) is 1. The van der Waals surface area contributed by atoms with Crippen molar-refractivity contribution in [3.8, 4) is 5.75 Å². The molecule has 1 aromatic carbocycles. The number of benzene rings is 1. The van der Waals surface area contributed by atoms with Crippen molar-refractivity contribution in [2.24, 2.45) is 11.8 Å². The third-order valence-corrected chi connectivity index (χ3v) is 4.97. The fourth-order valence-corrected chi connectivity index (χ4v) is 3.27. The molecule has 0 amide bonds. The first-order chi connectivity index (χ1) is 9.13. The average Bonchev–Trinajstić information content (AvgIpc) is 2.90. The van der Waals surface area contributed by atoms with Gasteiger partial charge in [0.05, 0.1) is 7.11 Å². The van der Waals surface area contributed by atoms with Crippen LogP contribution in [0.3, 0.4) is 0 Å². The Bertz CT molecular complexity index is 456. The summed E-state index contributed by atoms with van der Waals surface area (Å²) < 4.78 is 6.21. The highest BCUT2D eigenvalue weighted by Gasteiger charge is 2.28. The van der Waals surface area contributed by atoms with Gasteiger partial charge in [-0.3, -0.25) is 4.79 Å². The Morgan fingerprint density at radius 1 is 1.42 bits per heavy atom. The van der Waals surface area contributed by atoms with Crippen LogP contribution in [0.5, 0.6) is 5.75 Å². The molecule has 104 valence electrons.